The number of ether oxygens (including phenoxy) is 2. The van der Waals surface area contributed by atoms with Gasteiger partial charge in [-0.25, -0.2) is 0 Å². The van der Waals surface area contributed by atoms with Gasteiger partial charge in [-0.1, -0.05) is 6.92 Å². The van der Waals surface area contributed by atoms with Gasteiger partial charge in [0.1, 0.15) is 0 Å². The first-order valence-corrected chi connectivity index (χ1v) is 9.20. The van der Waals surface area contributed by atoms with Crippen LogP contribution in [-0.2, 0) is 6.42 Å². The summed E-state index contributed by atoms with van der Waals surface area (Å²) in [6, 6.07) is 2.18. The fourth-order valence-electron chi connectivity index (χ4n) is 2.78. The zero-order valence-electron chi connectivity index (χ0n) is 14.8. The van der Waals surface area contributed by atoms with Crippen LogP contribution in [0.2, 0.25) is 0 Å². The minimum absolute atomic E-state index is 0.682. The van der Waals surface area contributed by atoms with Crippen molar-refractivity contribution in [3.05, 3.63) is 17.6 Å². The molecule has 0 aromatic carbocycles. The molecule has 2 nitrogen and oxygen atoms in total. The van der Waals surface area contributed by atoms with Gasteiger partial charge in [-0.05, 0) is 0 Å². The van der Waals surface area contributed by atoms with Crippen LogP contribution in [0.5, 0.6) is 11.4 Å². The van der Waals surface area contributed by atoms with Gasteiger partial charge >= 0.3 is 130 Å². The van der Waals surface area contributed by atoms with Crippen LogP contribution >= 0.6 is 0 Å². The van der Waals surface area contributed by atoms with Gasteiger partial charge in [0.25, 0.3) is 0 Å². The van der Waals surface area contributed by atoms with E-state index in [1.165, 1.54) is 56.9 Å². The Morgan fingerprint density at radius 2 is 1.45 bits per heavy atom. The van der Waals surface area contributed by atoms with Gasteiger partial charge in [0.05, 0.1) is 0 Å². The molecule has 1 aromatic rings. The quantitative estimate of drug-likeness (QED) is 0.448. The van der Waals surface area contributed by atoms with Crippen molar-refractivity contribution in [1.82, 2.24) is 0 Å². The van der Waals surface area contributed by atoms with Gasteiger partial charge in [-0.15, -0.1) is 0 Å². The molecule has 0 aliphatic rings. The van der Waals surface area contributed by atoms with Crippen LogP contribution in [0.25, 0.3) is 0 Å². The Balaban J connectivity index is 2.36. The van der Waals surface area contributed by atoms with Gasteiger partial charge in [0.15, 0.2) is 0 Å². The number of hydrogen-bond donors (Lipinski definition) is 0. The fourth-order valence-corrected chi connectivity index (χ4v) is 2.78. The zero-order chi connectivity index (χ0) is 16.0. The first-order valence-electron chi connectivity index (χ1n) is 9.20. The van der Waals surface area contributed by atoms with E-state index in [0.29, 0.717) is 13.2 Å². The second kappa shape index (κ2) is 12.5. The fraction of sp³-hybridized carbons (Fsp3) is 0.737. The summed E-state index contributed by atoms with van der Waals surface area (Å²) in [5, 5.41) is 0. The topological polar surface area (TPSA) is 18.5 Å². The first kappa shape index (κ1) is 19.1. The Morgan fingerprint density at radius 3 is 2.09 bits per heavy atom. The molecule has 0 bridgehead atoms. The maximum atomic E-state index is 5.82. The molecule has 1 aromatic heterocycles. The van der Waals surface area contributed by atoms with Gasteiger partial charge in [-0.2, -0.15) is 0 Å². The summed E-state index contributed by atoms with van der Waals surface area (Å²) in [6.45, 7) is 9.69. The first-order chi connectivity index (χ1) is 10.8. The number of unbranched alkanes of at least 4 members (excludes halogenated alkanes) is 7. The van der Waals surface area contributed by atoms with Crippen molar-refractivity contribution in [2.45, 2.75) is 78.6 Å². The second-order valence-electron chi connectivity index (χ2n) is 5.84. The molecule has 0 aliphatic heterocycles. The van der Waals surface area contributed by atoms with Crippen molar-refractivity contribution in [3.8, 4) is 11.4 Å². The Kier molecular flexibility index (Phi) is 10.9. The molecule has 0 spiro atoms. The maximum absolute atomic E-state index is 5.82. The third-order valence-electron chi connectivity index (χ3n) is 3.95. The molecule has 1 rings (SSSR count). The van der Waals surface area contributed by atoms with Crippen molar-refractivity contribution < 1.29 is 9.47 Å². The molecule has 3 heteroatoms. The van der Waals surface area contributed by atoms with Crippen LogP contribution in [0, 0.1) is 0 Å². The molecule has 0 radical (unpaired) electrons. The molecule has 0 fully saturated rings. The SMILES string of the molecule is CCCCCCCCCCc1ccbc(OCC)c1OCC. The van der Waals surface area contributed by atoms with E-state index in [1.807, 2.05) is 20.8 Å². The Bertz CT molecular complexity index is 393. The van der Waals surface area contributed by atoms with Gasteiger partial charge < -0.3 is 0 Å². The van der Waals surface area contributed by atoms with Crippen molar-refractivity contribution in [3.63, 3.8) is 0 Å². The van der Waals surface area contributed by atoms with E-state index in [2.05, 4.69) is 19.0 Å². The molecule has 0 saturated carbocycles. The summed E-state index contributed by atoms with van der Waals surface area (Å²) in [7, 11) is 0. The van der Waals surface area contributed by atoms with Crippen LogP contribution in [0.15, 0.2) is 12.0 Å². The summed E-state index contributed by atoms with van der Waals surface area (Å²) in [6.07, 6.45) is 11.9. The second-order valence-corrected chi connectivity index (χ2v) is 5.84. The molecule has 22 heavy (non-hydrogen) atoms. The van der Waals surface area contributed by atoms with Gasteiger partial charge in [-0.3, -0.25) is 0 Å². The molecule has 0 aliphatic carbocycles. The van der Waals surface area contributed by atoms with Crippen LogP contribution in [-0.4, -0.2) is 20.1 Å². The summed E-state index contributed by atoms with van der Waals surface area (Å²) < 4.78 is 11.5. The van der Waals surface area contributed by atoms with Crippen molar-refractivity contribution in [2.24, 2.45) is 0 Å². The van der Waals surface area contributed by atoms with E-state index in [-0.39, 0.29) is 0 Å². The standard InChI is InChI=1S/C19H33BO2/c1-4-7-8-9-10-11-12-13-14-17-15-16-20-19(22-6-3)18(17)21-5-2/h15-16H,4-14H2,1-3H3. The third-order valence-corrected chi connectivity index (χ3v) is 3.95. The molecule has 0 saturated heterocycles. The van der Waals surface area contributed by atoms with E-state index >= 15 is 0 Å². The Hall–Kier alpha value is -0.985. The third kappa shape index (κ3) is 7.33. The molecule has 124 valence electrons. The Morgan fingerprint density at radius 1 is 0.818 bits per heavy atom. The number of aryl methyl sites for hydroxylation is 1. The van der Waals surface area contributed by atoms with Crippen molar-refractivity contribution >= 4 is 6.91 Å². The molecular formula is C19H33BO2. The monoisotopic (exact) mass is 304 g/mol. The Labute approximate surface area is 137 Å². The molecule has 0 unspecified atom stereocenters. The predicted octanol–water partition coefficient (Wildman–Crippen LogP) is 5.51. The summed E-state index contributed by atoms with van der Waals surface area (Å²) in [5.74, 6) is 3.03. The van der Waals surface area contributed by atoms with Crippen molar-refractivity contribution in [1.29, 1.82) is 0 Å². The molecule has 0 atom stereocenters. The summed E-state index contributed by atoms with van der Waals surface area (Å²) in [5.41, 5.74) is 2.18. The van der Waals surface area contributed by atoms with E-state index in [0.717, 1.165) is 17.8 Å². The minimum atomic E-state index is 0.682. The molecule has 0 N–H and O–H groups in total. The van der Waals surface area contributed by atoms with Crippen LogP contribution in [0.4, 0.5) is 0 Å². The normalized spacial score (nSPS) is 10.5. The number of hydrogen-bond acceptors (Lipinski definition) is 2. The van der Waals surface area contributed by atoms with Crippen molar-refractivity contribution in [2.75, 3.05) is 13.2 Å². The van der Waals surface area contributed by atoms with E-state index in [4.69, 9.17) is 9.47 Å². The molecule has 0 amide bonds. The number of rotatable bonds is 13. The van der Waals surface area contributed by atoms with E-state index in [1.54, 1.807) is 0 Å². The zero-order valence-corrected chi connectivity index (χ0v) is 14.8. The van der Waals surface area contributed by atoms with Crippen LogP contribution in [0.3, 0.4) is 0 Å². The van der Waals surface area contributed by atoms with E-state index < -0.39 is 0 Å². The van der Waals surface area contributed by atoms with E-state index in [9.17, 15) is 0 Å². The van der Waals surface area contributed by atoms with Crippen LogP contribution in [0.1, 0.15) is 77.7 Å². The summed E-state index contributed by atoms with van der Waals surface area (Å²) >= 11 is 0. The average Bonchev–Trinajstić information content (AvgIpc) is 2.53. The predicted molar refractivity (Wildman–Crippen MR) is 96.4 cm³/mol. The van der Waals surface area contributed by atoms with Gasteiger partial charge in [0.2, 0.25) is 0 Å². The average molecular weight is 304 g/mol. The van der Waals surface area contributed by atoms with Crippen LogP contribution < -0.4 is 9.47 Å². The molecular weight excluding hydrogens is 271 g/mol. The van der Waals surface area contributed by atoms with Gasteiger partial charge in [0, 0.05) is 0 Å². The summed E-state index contributed by atoms with van der Waals surface area (Å²) in [4.78, 5) is 0. The molecule has 1 heterocycles.